The Labute approximate surface area is 122 Å². The van der Waals surface area contributed by atoms with Crippen molar-refractivity contribution in [3.05, 3.63) is 0 Å². The molecule has 1 aliphatic carbocycles. The summed E-state index contributed by atoms with van der Waals surface area (Å²) in [6, 6.07) is 0. The first-order valence-corrected chi connectivity index (χ1v) is 7.92. The number of aliphatic hydroxyl groups excluding tert-OH is 1. The van der Waals surface area contributed by atoms with E-state index in [1.54, 1.807) is 0 Å². The van der Waals surface area contributed by atoms with Gasteiger partial charge in [0.15, 0.2) is 0 Å². The van der Waals surface area contributed by atoms with E-state index >= 15 is 0 Å². The van der Waals surface area contributed by atoms with Crippen molar-refractivity contribution >= 4 is 5.91 Å². The van der Waals surface area contributed by atoms with Crippen LogP contribution in [0.5, 0.6) is 0 Å². The first kappa shape index (κ1) is 15.7. The van der Waals surface area contributed by atoms with Gasteiger partial charge in [0, 0.05) is 32.7 Å². The number of carbonyl (C=O) groups is 1. The first-order valence-electron chi connectivity index (χ1n) is 7.92. The molecule has 2 aliphatic rings. The van der Waals surface area contributed by atoms with Crippen LogP contribution in [0.3, 0.4) is 0 Å². The Balaban J connectivity index is 1.80. The van der Waals surface area contributed by atoms with Crippen molar-refractivity contribution in [3.63, 3.8) is 0 Å². The van der Waals surface area contributed by atoms with Crippen LogP contribution >= 0.6 is 0 Å². The smallest absolute Gasteiger partial charge is 0.239 e. The van der Waals surface area contributed by atoms with E-state index in [-0.39, 0.29) is 12.0 Å². The van der Waals surface area contributed by atoms with Crippen LogP contribution in [0.2, 0.25) is 0 Å². The average Bonchev–Trinajstić information content (AvgIpc) is 2.45. The van der Waals surface area contributed by atoms with Crippen LogP contribution in [0.1, 0.15) is 39.5 Å². The van der Waals surface area contributed by atoms with Gasteiger partial charge in [0.2, 0.25) is 5.91 Å². The number of piperazine rings is 1. The van der Waals surface area contributed by atoms with E-state index < -0.39 is 5.54 Å². The third-order valence-electron chi connectivity index (χ3n) is 4.77. The van der Waals surface area contributed by atoms with E-state index in [0.29, 0.717) is 12.5 Å². The van der Waals surface area contributed by atoms with Crippen LogP contribution in [0.4, 0.5) is 0 Å². The van der Waals surface area contributed by atoms with Crippen molar-refractivity contribution in [1.29, 1.82) is 0 Å². The van der Waals surface area contributed by atoms with Gasteiger partial charge in [0.25, 0.3) is 0 Å². The molecule has 1 saturated carbocycles. The molecule has 5 nitrogen and oxygen atoms in total. The lowest BCUT2D eigenvalue weighted by Gasteiger charge is -2.40. The maximum Gasteiger partial charge on any atom is 0.239 e. The van der Waals surface area contributed by atoms with Crippen LogP contribution in [-0.2, 0) is 4.79 Å². The molecule has 1 aliphatic heterocycles. The van der Waals surface area contributed by atoms with Gasteiger partial charge in [-0.1, -0.05) is 6.42 Å². The molecule has 2 fully saturated rings. The lowest BCUT2D eigenvalue weighted by Crippen LogP contribution is -2.60. The molecule has 1 amide bonds. The Morgan fingerprint density at radius 1 is 1.35 bits per heavy atom. The summed E-state index contributed by atoms with van der Waals surface area (Å²) in [5.41, 5.74) is -0.449. The molecule has 116 valence electrons. The fourth-order valence-corrected chi connectivity index (χ4v) is 3.27. The standard InChI is InChI=1S/C15H29N3O2/c1-15(2,18-8-6-16-7-9-18)14(20)17-11-12-4-3-5-13(19)10-12/h12-13,16,19H,3-11H2,1-2H3,(H,17,20). The van der Waals surface area contributed by atoms with Gasteiger partial charge in [0.1, 0.15) is 0 Å². The summed E-state index contributed by atoms with van der Waals surface area (Å²) in [7, 11) is 0. The molecular weight excluding hydrogens is 254 g/mol. The second kappa shape index (κ2) is 6.87. The molecule has 0 spiro atoms. The average molecular weight is 283 g/mol. The molecule has 2 unspecified atom stereocenters. The number of hydrogen-bond acceptors (Lipinski definition) is 4. The molecule has 0 aromatic heterocycles. The van der Waals surface area contributed by atoms with Gasteiger partial charge in [-0.2, -0.15) is 0 Å². The highest BCUT2D eigenvalue weighted by Gasteiger charge is 2.35. The Hall–Kier alpha value is -0.650. The van der Waals surface area contributed by atoms with Crippen molar-refractivity contribution in [1.82, 2.24) is 15.5 Å². The third-order valence-corrected chi connectivity index (χ3v) is 4.77. The van der Waals surface area contributed by atoms with Crippen LogP contribution in [0.25, 0.3) is 0 Å². The molecule has 20 heavy (non-hydrogen) atoms. The normalized spacial score (nSPS) is 29.1. The zero-order chi connectivity index (χ0) is 14.6. The number of hydrogen-bond donors (Lipinski definition) is 3. The zero-order valence-corrected chi connectivity index (χ0v) is 12.8. The topological polar surface area (TPSA) is 64.6 Å². The Morgan fingerprint density at radius 2 is 2.05 bits per heavy atom. The molecule has 0 radical (unpaired) electrons. The summed E-state index contributed by atoms with van der Waals surface area (Å²) in [5.74, 6) is 0.543. The fraction of sp³-hybridized carbons (Fsp3) is 0.933. The highest BCUT2D eigenvalue weighted by Crippen LogP contribution is 2.24. The molecule has 0 aromatic rings. The highest BCUT2D eigenvalue weighted by molar-refractivity contribution is 5.85. The second-order valence-corrected chi connectivity index (χ2v) is 6.69. The van der Waals surface area contributed by atoms with E-state index in [1.807, 2.05) is 13.8 Å². The molecule has 1 heterocycles. The Bertz CT molecular complexity index is 327. The van der Waals surface area contributed by atoms with E-state index in [9.17, 15) is 9.90 Å². The fourth-order valence-electron chi connectivity index (χ4n) is 3.27. The Kier molecular flexibility index (Phi) is 5.41. The minimum Gasteiger partial charge on any atom is -0.393 e. The predicted molar refractivity (Wildman–Crippen MR) is 79.5 cm³/mol. The predicted octanol–water partition coefficient (Wildman–Crippen LogP) is 0.338. The largest absolute Gasteiger partial charge is 0.393 e. The van der Waals surface area contributed by atoms with Gasteiger partial charge >= 0.3 is 0 Å². The number of nitrogens with zero attached hydrogens (tertiary/aromatic N) is 1. The maximum atomic E-state index is 12.5. The summed E-state index contributed by atoms with van der Waals surface area (Å²) < 4.78 is 0. The van der Waals surface area contributed by atoms with Crippen LogP contribution in [0.15, 0.2) is 0 Å². The second-order valence-electron chi connectivity index (χ2n) is 6.69. The van der Waals surface area contributed by atoms with Crippen molar-refractivity contribution in [3.8, 4) is 0 Å². The van der Waals surface area contributed by atoms with E-state index in [1.165, 1.54) is 0 Å². The van der Waals surface area contributed by atoms with Gasteiger partial charge in [-0.05, 0) is 39.0 Å². The van der Waals surface area contributed by atoms with Gasteiger partial charge in [-0.25, -0.2) is 0 Å². The van der Waals surface area contributed by atoms with Crippen LogP contribution in [0, 0.1) is 5.92 Å². The van der Waals surface area contributed by atoms with Crippen LogP contribution in [-0.4, -0.2) is 60.3 Å². The van der Waals surface area contributed by atoms with Gasteiger partial charge in [0.05, 0.1) is 11.6 Å². The minimum atomic E-state index is -0.449. The summed E-state index contributed by atoms with van der Waals surface area (Å²) in [6.45, 7) is 8.44. The summed E-state index contributed by atoms with van der Waals surface area (Å²) in [5, 5.41) is 16.1. The molecular formula is C15H29N3O2. The van der Waals surface area contributed by atoms with Crippen molar-refractivity contribution in [2.24, 2.45) is 5.92 Å². The SMILES string of the molecule is CC(C)(C(=O)NCC1CCCC(O)C1)N1CCNCC1. The molecule has 3 N–H and O–H groups in total. The van der Waals surface area contributed by atoms with Crippen molar-refractivity contribution < 1.29 is 9.90 Å². The summed E-state index contributed by atoms with van der Waals surface area (Å²) in [6.07, 6.45) is 3.76. The molecule has 2 atom stereocenters. The van der Waals surface area contributed by atoms with Crippen molar-refractivity contribution in [2.75, 3.05) is 32.7 Å². The molecule has 0 bridgehead atoms. The van der Waals surface area contributed by atoms with E-state index in [4.69, 9.17) is 0 Å². The van der Waals surface area contributed by atoms with E-state index in [2.05, 4.69) is 15.5 Å². The number of rotatable bonds is 4. The quantitative estimate of drug-likeness (QED) is 0.696. The third kappa shape index (κ3) is 3.93. The summed E-state index contributed by atoms with van der Waals surface area (Å²) in [4.78, 5) is 14.7. The van der Waals surface area contributed by atoms with Gasteiger partial charge in [-0.15, -0.1) is 0 Å². The number of carbonyl (C=O) groups excluding carboxylic acids is 1. The number of aliphatic hydroxyl groups is 1. The van der Waals surface area contributed by atoms with Crippen molar-refractivity contribution in [2.45, 2.75) is 51.2 Å². The highest BCUT2D eigenvalue weighted by atomic mass is 16.3. The zero-order valence-electron chi connectivity index (χ0n) is 12.8. The number of nitrogens with one attached hydrogen (secondary N) is 2. The summed E-state index contributed by atoms with van der Waals surface area (Å²) >= 11 is 0. The lowest BCUT2D eigenvalue weighted by molar-refractivity contribution is -0.132. The lowest BCUT2D eigenvalue weighted by atomic mass is 9.87. The minimum absolute atomic E-state index is 0.111. The monoisotopic (exact) mass is 283 g/mol. The Morgan fingerprint density at radius 3 is 2.70 bits per heavy atom. The molecule has 5 heteroatoms. The van der Waals surface area contributed by atoms with Crippen LogP contribution < -0.4 is 10.6 Å². The van der Waals surface area contributed by atoms with Gasteiger partial charge < -0.3 is 15.7 Å². The van der Waals surface area contributed by atoms with E-state index in [0.717, 1.165) is 51.9 Å². The molecule has 2 rings (SSSR count). The first-order chi connectivity index (χ1) is 9.50. The maximum absolute atomic E-state index is 12.5. The number of amides is 1. The molecule has 1 saturated heterocycles. The molecule has 0 aromatic carbocycles. The van der Waals surface area contributed by atoms with Gasteiger partial charge in [-0.3, -0.25) is 9.69 Å².